The number of benzene rings is 2. The summed E-state index contributed by atoms with van der Waals surface area (Å²) in [5.41, 5.74) is 5.34. The molecule has 150 valence electrons. The first kappa shape index (κ1) is 20.2. The summed E-state index contributed by atoms with van der Waals surface area (Å²) in [6, 6.07) is 14.0. The average molecular weight is 381 g/mol. The van der Waals surface area contributed by atoms with Crippen LogP contribution in [0.2, 0.25) is 0 Å². The number of anilines is 3. The van der Waals surface area contributed by atoms with Crippen LogP contribution in [0.25, 0.3) is 0 Å². The predicted molar refractivity (Wildman–Crippen MR) is 118 cm³/mol. The molecule has 1 unspecified atom stereocenters. The SMILES string of the molecule is CCN1CCN(c2ccc(NC(C)C(=O)Nc3ccccc3C)c(C)c2)CC1. The molecule has 1 aliphatic rings. The van der Waals surface area contributed by atoms with E-state index in [0.29, 0.717) is 0 Å². The lowest BCUT2D eigenvalue weighted by Crippen LogP contribution is -2.46. The summed E-state index contributed by atoms with van der Waals surface area (Å²) in [6.45, 7) is 13.7. The third kappa shape index (κ3) is 4.84. The Kier molecular flexibility index (Phi) is 6.57. The van der Waals surface area contributed by atoms with Gasteiger partial charge in [0.2, 0.25) is 5.91 Å². The summed E-state index contributed by atoms with van der Waals surface area (Å²) in [4.78, 5) is 17.5. The van der Waals surface area contributed by atoms with Gasteiger partial charge < -0.3 is 20.4 Å². The van der Waals surface area contributed by atoms with Crippen molar-refractivity contribution >= 4 is 23.0 Å². The molecule has 1 aliphatic heterocycles. The van der Waals surface area contributed by atoms with Crippen LogP contribution >= 0.6 is 0 Å². The van der Waals surface area contributed by atoms with Gasteiger partial charge in [-0.1, -0.05) is 25.1 Å². The van der Waals surface area contributed by atoms with Gasteiger partial charge in [-0.2, -0.15) is 0 Å². The third-order valence-corrected chi connectivity index (χ3v) is 5.56. The summed E-state index contributed by atoms with van der Waals surface area (Å²) in [5, 5.41) is 6.37. The molecular weight excluding hydrogens is 348 g/mol. The number of carbonyl (C=O) groups is 1. The van der Waals surface area contributed by atoms with Crippen LogP contribution in [0.3, 0.4) is 0 Å². The second-order valence-corrected chi connectivity index (χ2v) is 7.59. The second-order valence-electron chi connectivity index (χ2n) is 7.59. The van der Waals surface area contributed by atoms with Crippen LogP contribution in [0.4, 0.5) is 17.1 Å². The van der Waals surface area contributed by atoms with E-state index in [1.807, 2.05) is 38.1 Å². The van der Waals surface area contributed by atoms with E-state index < -0.39 is 0 Å². The van der Waals surface area contributed by atoms with Gasteiger partial charge in [0, 0.05) is 43.2 Å². The predicted octanol–water partition coefficient (Wildman–Crippen LogP) is 3.88. The summed E-state index contributed by atoms with van der Waals surface area (Å²) in [5.74, 6) is -0.0338. The molecule has 3 rings (SSSR count). The summed E-state index contributed by atoms with van der Waals surface area (Å²) < 4.78 is 0. The molecule has 2 aromatic rings. The van der Waals surface area contributed by atoms with Crippen molar-refractivity contribution in [3.05, 3.63) is 53.6 Å². The Morgan fingerprint density at radius 3 is 2.36 bits per heavy atom. The van der Waals surface area contributed by atoms with E-state index in [2.05, 4.69) is 52.5 Å². The van der Waals surface area contributed by atoms with Crippen molar-refractivity contribution in [1.82, 2.24) is 4.90 Å². The van der Waals surface area contributed by atoms with Crippen molar-refractivity contribution in [2.75, 3.05) is 48.3 Å². The number of piperazine rings is 1. The molecule has 1 heterocycles. The highest BCUT2D eigenvalue weighted by Crippen LogP contribution is 2.24. The number of likely N-dealkylation sites (N-methyl/N-ethyl adjacent to an activating group) is 1. The Bertz CT molecular complexity index is 812. The summed E-state index contributed by atoms with van der Waals surface area (Å²) in [6.07, 6.45) is 0. The van der Waals surface area contributed by atoms with E-state index in [0.717, 1.165) is 55.2 Å². The molecule has 2 aromatic carbocycles. The van der Waals surface area contributed by atoms with Gasteiger partial charge in [0.25, 0.3) is 0 Å². The highest BCUT2D eigenvalue weighted by atomic mass is 16.2. The fourth-order valence-electron chi connectivity index (χ4n) is 3.58. The van der Waals surface area contributed by atoms with E-state index in [4.69, 9.17) is 0 Å². The molecule has 0 saturated carbocycles. The molecule has 1 amide bonds. The number of hydrogen-bond acceptors (Lipinski definition) is 4. The molecule has 0 radical (unpaired) electrons. The lowest BCUT2D eigenvalue weighted by molar-refractivity contribution is -0.116. The minimum Gasteiger partial charge on any atom is -0.374 e. The molecule has 28 heavy (non-hydrogen) atoms. The molecule has 1 atom stereocenters. The lowest BCUT2D eigenvalue weighted by Gasteiger charge is -2.35. The van der Waals surface area contributed by atoms with E-state index in [1.165, 1.54) is 5.69 Å². The Hall–Kier alpha value is -2.53. The normalized spacial score (nSPS) is 15.9. The molecule has 5 heteroatoms. The number of nitrogens with one attached hydrogen (secondary N) is 2. The van der Waals surface area contributed by atoms with Crippen molar-refractivity contribution < 1.29 is 4.79 Å². The number of para-hydroxylation sites is 1. The number of aryl methyl sites for hydroxylation is 2. The molecule has 5 nitrogen and oxygen atoms in total. The topological polar surface area (TPSA) is 47.6 Å². The quantitative estimate of drug-likeness (QED) is 0.798. The van der Waals surface area contributed by atoms with Crippen LogP contribution in [0.1, 0.15) is 25.0 Å². The average Bonchev–Trinajstić information content (AvgIpc) is 2.71. The highest BCUT2D eigenvalue weighted by Gasteiger charge is 2.18. The molecule has 0 bridgehead atoms. The van der Waals surface area contributed by atoms with Gasteiger partial charge in [0.15, 0.2) is 0 Å². The molecular formula is C23H32N4O. The van der Waals surface area contributed by atoms with Crippen LogP contribution in [-0.2, 0) is 4.79 Å². The van der Waals surface area contributed by atoms with Crippen molar-refractivity contribution in [2.45, 2.75) is 33.7 Å². The lowest BCUT2D eigenvalue weighted by atomic mass is 10.1. The van der Waals surface area contributed by atoms with Crippen LogP contribution in [-0.4, -0.2) is 49.6 Å². The number of carbonyl (C=O) groups excluding carboxylic acids is 1. The third-order valence-electron chi connectivity index (χ3n) is 5.56. The zero-order valence-corrected chi connectivity index (χ0v) is 17.5. The zero-order valence-electron chi connectivity index (χ0n) is 17.5. The standard InChI is InChI=1S/C23H32N4O/c1-5-26-12-14-27(15-13-26)20-10-11-22(18(3)16-20)24-19(4)23(28)25-21-9-7-6-8-17(21)2/h6-11,16,19,24H,5,12-15H2,1-4H3,(H,25,28). The van der Waals surface area contributed by atoms with Crippen LogP contribution < -0.4 is 15.5 Å². The summed E-state index contributed by atoms with van der Waals surface area (Å²) in [7, 11) is 0. The number of hydrogen-bond donors (Lipinski definition) is 2. The molecule has 0 aliphatic carbocycles. The minimum atomic E-state index is -0.322. The minimum absolute atomic E-state index is 0.0338. The summed E-state index contributed by atoms with van der Waals surface area (Å²) >= 11 is 0. The zero-order chi connectivity index (χ0) is 20.1. The molecule has 0 aromatic heterocycles. The Morgan fingerprint density at radius 1 is 1.00 bits per heavy atom. The van der Waals surface area contributed by atoms with E-state index in [-0.39, 0.29) is 11.9 Å². The first-order chi connectivity index (χ1) is 13.5. The molecule has 1 fully saturated rings. The van der Waals surface area contributed by atoms with Gasteiger partial charge >= 0.3 is 0 Å². The van der Waals surface area contributed by atoms with Crippen LogP contribution in [0, 0.1) is 13.8 Å². The number of amides is 1. The van der Waals surface area contributed by atoms with Gasteiger partial charge in [-0.3, -0.25) is 4.79 Å². The monoisotopic (exact) mass is 380 g/mol. The Balaban J connectivity index is 1.61. The molecule has 1 saturated heterocycles. The van der Waals surface area contributed by atoms with Crippen molar-refractivity contribution in [3.63, 3.8) is 0 Å². The van der Waals surface area contributed by atoms with Gasteiger partial charge in [-0.05, 0) is 62.7 Å². The van der Waals surface area contributed by atoms with Crippen LogP contribution in [0.5, 0.6) is 0 Å². The van der Waals surface area contributed by atoms with E-state index in [1.54, 1.807) is 0 Å². The number of rotatable bonds is 6. The van der Waals surface area contributed by atoms with Gasteiger partial charge in [-0.15, -0.1) is 0 Å². The fourth-order valence-corrected chi connectivity index (χ4v) is 3.58. The fraction of sp³-hybridized carbons (Fsp3) is 0.435. The second kappa shape index (κ2) is 9.11. The van der Waals surface area contributed by atoms with Crippen LogP contribution in [0.15, 0.2) is 42.5 Å². The maximum atomic E-state index is 12.6. The van der Waals surface area contributed by atoms with Crippen molar-refractivity contribution in [1.29, 1.82) is 0 Å². The molecule has 2 N–H and O–H groups in total. The van der Waals surface area contributed by atoms with E-state index in [9.17, 15) is 4.79 Å². The first-order valence-electron chi connectivity index (χ1n) is 10.2. The maximum Gasteiger partial charge on any atom is 0.246 e. The molecule has 0 spiro atoms. The Labute approximate surface area is 168 Å². The van der Waals surface area contributed by atoms with Gasteiger partial charge in [0.1, 0.15) is 6.04 Å². The maximum absolute atomic E-state index is 12.6. The highest BCUT2D eigenvalue weighted by molar-refractivity contribution is 5.96. The van der Waals surface area contributed by atoms with Crippen molar-refractivity contribution in [3.8, 4) is 0 Å². The number of nitrogens with zero attached hydrogens (tertiary/aromatic N) is 2. The van der Waals surface area contributed by atoms with Crippen molar-refractivity contribution in [2.24, 2.45) is 0 Å². The Morgan fingerprint density at radius 2 is 1.71 bits per heavy atom. The smallest absolute Gasteiger partial charge is 0.246 e. The van der Waals surface area contributed by atoms with Gasteiger partial charge in [0.05, 0.1) is 0 Å². The largest absolute Gasteiger partial charge is 0.374 e. The first-order valence-corrected chi connectivity index (χ1v) is 10.2. The van der Waals surface area contributed by atoms with Gasteiger partial charge in [-0.25, -0.2) is 0 Å². The van der Waals surface area contributed by atoms with E-state index >= 15 is 0 Å².